The molecule has 5 nitrogen and oxygen atoms in total. The normalized spacial score (nSPS) is 28.4. The number of ether oxygens (including phenoxy) is 1. The van der Waals surface area contributed by atoms with E-state index in [0.717, 1.165) is 19.3 Å². The predicted octanol–water partition coefficient (Wildman–Crippen LogP) is 2.02. The molecular weight excluding hydrogens is 263 g/mol. The maximum Gasteiger partial charge on any atom is 0.417 e. The molecule has 0 radical (unpaired) electrons. The highest BCUT2D eigenvalue weighted by Gasteiger charge is 2.43. The first-order valence-electron chi connectivity index (χ1n) is 6.82. The fourth-order valence-electron chi connectivity index (χ4n) is 3.43. The number of halogens is 1. The fourth-order valence-corrected chi connectivity index (χ4v) is 3.43. The van der Waals surface area contributed by atoms with Gasteiger partial charge in [-0.3, -0.25) is 4.98 Å². The van der Waals surface area contributed by atoms with Crippen LogP contribution in [-0.4, -0.2) is 30.3 Å². The number of aromatic amines is 1. The van der Waals surface area contributed by atoms with Crippen LogP contribution < -0.4 is 10.7 Å². The largest absolute Gasteiger partial charge is 0.417 e. The molecule has 4 rings (SSSR count). The summed E-state index contributed by atoms with van der Waals surface area (Å²) in [5.74, 6) is -0.928. The van der Waals surface area contributed by atoms with Gasteiger partial charge in [-0.25, -0.2) is 9.18 Å². The first-order valence-corrected chi connectivity index (χ1v) is 6.82. The van der Waals surface area contributed by atoms with Gasteiger partial charge in [-0.05, 0) is 19.3 Å². The number of rotatable bonds is 2. The molecule has 0 amide bonds. The lowest BCUT2D eigenvalue weighted by molar-refractivity contribution is 0.100. The Labute approximate surface area is 114 Å². The molecule has 2 aliphatic rings. The molecule has 3 atom stereocenters. The van der Waals surface area contributed by atoms with Gasteiger partial charge in [-0.1, -0.05) is 0 Å². The van der Waals surface area contributed by atoms with Crippen LogP contribution in [0.4, 0.5) is 10.1 Å². The van der Waals surface area contributed by atoms with Gasteiger partial charge in [0.25, 0.3) is 0 Å². The van der Waals surface area contributed by atoms with Crippen molar-refractivity contribution in [2.75, 3.05) is 11.9 Å². The topological polar surface area (TPSA) is 58.5 Å². The van der Waals surface area contributed by atoms with E-state index in [9.17, 15) is 9.18 Å². The highest BCUT2D eigenvalue weighted by Crippen LogP contribution is 2.39. The molecule has 1 aromatic heterocycles. The summed E-state index contributed by atoms with van der Waals surface area (Å²) in [6.45, 7) is 0. The Morgan fingerprint density at radius 3 is 2.95 bits per heavy atom. The molecule has 2 fully saturated rings. The average Bonchev–Trinajstić information content (AvgIpc) is 3.10. The second-order valence-corrected chi connectivity index (χ2v) is 5.60. The maximum absolute atomic E-state index is 14.2. The summed E-state index contributed by atoms with van der Waals surface area (Å²) in [6, 6.07) is 3.07. The predicted molar refractivity (Wildman–Crippen MR) is 71.5 cm³/mol. The molecule has 3 heterocycles. The van der Waals surface area contributed by atoms with Crippen molar-refractivity contribution in [3.05, 3.63) is 28.5 Å². The molecule has 6 heteroatoms. The molecule has 2 bridgehead atoms. The van der Waals surface area contributed by atoms with Gasteiger partial charge in [0.05, 0.1) is 29.5 Å². The van der Waals surface area contributed by atoms with Crippen LogP contribution in [0.2, 0.25) is 0 Å². The Hall–Kier alpha value is -1.82. The number of H-pyrrole nitrogens is 1. The molecule has 106 valence electrons. The van der Waals surface area contributed by atoms with Crippen molar-refractivity contribution in [1.29, 1.82) is 0 Å². The Bertz CT molecular complexity index is 723. The minimum atomic E-state index is -0.567. The van der Waals surface area contributed by atoms with Crippen LogP contribution in [0.5, 0.6) is 0 Å². The van der Waals surface area contributed by atoms with Crippen molar-refractivity contribution >= 4 is 16.8 Å². The zero-order valence-corrected chi connectivity index (χ0v) is 11.1. The number of hydrogen-bond acceptors (Lipinski definition) is 4. The van der Waals surface area contributed by atoms with Crippen LogP contribution in [0.1, 0.15) is 19.3 Å². The van der Waals surface area contributed by atoms with Crippen LogP contribution in [-0.2, 0) is 4.74 Å². The molecule has 2 saturated heterocycles. The number of likely N-dealkylation sites (N-methyl/N-ethyl adjacent to an activating group) is 1. The zero-order valence-electron chi connectivity index (χ0n) is 11.1. The second-order valence-electron chi connectivity index (χ2n) is 5.60. The van der Waals surface area contributed by atoms with Crippen LogP contribution in [0, 0.1) is 5.82 Å². The summed E-state index contributed by atoms with van der Waals surface area (Å²) >= 11 is 0. The molecule has 1 N–H and O–H groups in total. The number of fused-ring (bicyclic) bond motifs is 3. The molecule has 3 unspecified atom stereocenters. The van der Waals surface area contributed by atoms with E-state index in [1.165, 1.54) is 6.07 Å². The summed E-state index contributed by atoms with van der Waals surface area (Å²) in [7, 11) is 1.86. The SMILES string of the molecule is CN(c1cc2oc(=O)[nH]c2cc1F)C1CC2CCC1O2. The molecule has 2 aliphatic heterocycles. The highest BCUT2D eigenvalue weighted by molar-refractivity contribution is 5.77. The minimum absolute atomic E-state index is 0.179. The fraction of sp³-hybridized carbons (Fsp3) is 0.500. The van der Waals surface area contributed by atoms with Crippen LogP contribution >= 0.6 is 0 Å². The van der Waals surface area contributed by atoms with Gasteiger partial charge >= 0.3 is 5.76 Å². The van der Waals surface area contributed by atoms with E-state index in [1.54, 1.807) is 6.07 Å². The summed E-state index contributed by atoms with van der Waals surface area (Å²) < 4.78 is 25.0. The van der Waals surface area contributed by atoms with E-state index < -0.39 is 5.76 Å². The number of benzene rings is 1. The van der Waals surface area contributed by atoms with E-state index in [0.29, 0.717) is 22.9 Å². The lowest BCUT2D eigenvalue weighted by atomic mass is 9.94. The third-order valence-corrected chi connectivity index (χ3v) is 4.44. The monoisotopic (exact) mass is 278 g/mol. The third kappa shape index (κ3) is 1.67. The van der Waals surface area contributed by atoms with E-state index in [2.05, 4.69) is 4.98 Å². The zero-order chi connectivity index (χ0) is 13.9. The average molecular weight is 278 g/mol. The number of oxazole rings is 1. The summed E-state index contributed by atoms with van der Waals surface area (Å²) in [5.41, 5.74) is 1.21. The van der Waals surface area contributed by atoms with E-state index in [-0.39, 0.29) is 18.0 Å². The number of nitrogens with one attached hydrogen (secondary N) is 1. The van der Waals surface area contributed by atoms with Gasteiger partial charge in [-0.15, -0.1) is 0 Å². The molecule has 0 spiro atoms. The van der Waals surface area contributed by atoms with Gasteiger partial charge in [0, 0.05) is 19.2 Å². The first kappa shape index (κ1) is 12.0. The van der Waals surface area contributed by atoms with E-state index in [4.69, 9.17) is 9.15 Å². The van der Waals surface area contributed by atoms with Crippen molar-refractivity contribution in [2.24, 2.45) is 0 Å². The highest BCUT2D eigenvalue weighted by atomic mass is 19.1. The van der Waals surface area contributed by atoms with Crippen molar-refractivity contribution in [1.82, 2.24) is 4.98 Å². The van der Waals surface area contributed by atoms with Gasteiger partial charge in [0.15, 0.2) is 5.58 Å². The van der Waals surface area contributed by atoms with Crippen LogP contribution in [0.25, 0.3) is 11.1 Å². The van der Waals surface area contributed by atoms with Crippen molar-refractivity contribution in [2.45, 2.75) is 37.5 Å². The summed E-state index contributed by atoms with van der Waals surface area (Å²) in [4.78, 5) is 15.5. The van der Waals surface area contributed by atoms with Crippen molar-refractivity contribution in [3.8, 4) is 0 Å². The van der Waals surface area contributed by atoms with Gasteiger partial charge in [0.2, 0.25) is 0 Å². The van der Waals surface area contributed by atoms with Crippen LogP contribution in [0.15, 0.2) is 21.3 Å². The first-order chi connectivity index (χ1) is 9.61. The van der Waals surface area contributed by atoms with E-state index in [1.807, 2.05) is 11.9 Å². The number of aromatic nitrogens is 1. The van der Waals surface area contributed by atoms with Gasteiger partial charge in [0.1, 0.15) is 5.82 Å². The van der Waals surface area contributed by atoms with Gasteiger partial charge in [-0.2, -0.15) is 0 Å². The lowest BCUT2D eigenvalue weighted by Crippen LogP contribution is -2.39. The molecular formula is C14H15FN2O3. The number of hydrogen-bond donors (Lipinski definition) is 1. The molecule has 0 saturated carbocycles. The van der Waals surface area contributed by atoms with Crippen molar-refractivity contribution in [3.63, 3.8) is 0 Å². The molecule has 2 aromatic rings. The molecule has 0 aliphatic carbocycles. The van der Waals surface area contributed by atoms with Crippen LogP contribution in [0.3, 0.4) is 0 Å². The smallest absolute Gasteiger partial charge is 0.408 e. The van der Waals surface area contributed by atoms with Crippen molar-refractivity contribution < 1.29 is 13.5 Å². The summed E-state index contributed by atoms with van der Waals surface area (Å²) in [5, 5.41) is 0. The molecule has 1 aromatic carbocycles. The Morgan fingerprint density at radius 2 is 2.25 bits per heavy atom. The van der Waals surface area contributed by atoms with Gasteiger partial charge < -0.3 is 14.1 Å². The third-order valence-electron chi connectivity index (χ3n) is 4.44. The lowest BCUT2D eigenvalue weighted by Gasteiger charge is -2.31. The summed E-state index contributed by atoms with van der Waals surface area (Å²) in [6.07, 6.45) is 3.55. The minimum Gasteiger partial charge on any atom is -0.408 e. The van der Waals surface area contributed by atoms with E-state index >= 15 is 0 Å². The second kappa shape index (κ2) is 4.09. The Balaban J connectivity index is 1.73. The quantitative estimate of drug-likeness (QED) is 0.913. The Morgan fingerprint density at radius 1 is 1.40 bits per heavy atom. The number of anilines is 1. The molecule has 20 heavy (non-hydrogen) atoms. The number of nitrogens with zero attached hydrogens (tertiary/aromatic N) is 1. The standard InChI is InChI=1S/C14H15FN2O3/c1-17(11-4-7-2-3-12(11)19-7)10-6-13-9(5-8(10)15)16-14(18)20-13/h5-7,11-12H,2-4H2,1H3,(H,16,18). The maximum atomic E-state index is 14.2. The Kier molecular flexibility index (Phi) is 2.44.